The van der Waals surface area contributed by atoms with Crippen LogP contribution < -0.4 is 0 Å². The maximum atomic E-state index is 11.2. The minimum atomic E-state index is 0.0868. The second-order valence-corrected chi connectivity index (χ2v) is 4.84. The van der Waals surface area contributed by atoms with Gasteiger partial charge in [0.15, 0.2) is 0 Å². The van der Waals surface area contributed by atoms with Crippen molar-refractivity contribution in [3.05, 3.63) is 46.2 Å². The van der Waals surface area contributed by atoms with Gasteiger partial charge in [0, 0.05) is 12.0 Å². The summed E-state index contributed by atoms with van der Waals surface area (Å²) in [6.45, 7) is 5.44. The molecule has 0 fully saturated rings. The number of aryl methyl sites for hydroxylation is 2. The van der Waals surface area contributed by atoms with E-state index in [0.29, 0.717) is 11.6 Å². The van der Waals surface area contributed by atoms with Gasteiger partial charge >= 0.3 is 0 Å². The van der Waals surface area contributed by atoms with Gasteiger partial charge in [-0.05, 0) is 38.5 Å². The Kier molecular flexibility index (Phi) is 3.53. The molecule has 0 radical (unpaired) electrons. The molecule has 0 saturated heterocycles. The topological polar surface area (TPSA) is 34.9 Å². The van der Waals surface area contributed by atoms with Crippen molar-refractivity contribution in [1.29, 1.82) is 0 Å². The lowest BCUT2D eigenvalue weighted by molar-refractivity contribution is -0.116. The van der Waals surface area contributed by atoms with Crippen LogP contribution in [0, 0.1) is 13.8 Å². The van der Waals surface area contributed by atoms with E-state index in [1.807, 2.05) is 38.1 Å². The van der Waals surface area contributed by atoms with Crippen molar-refractivity contribution in [3.8, 4) is 5.69 Å². The number of Topliss-reactive ketones (excluding diaryl/α,β-unsaturated/α-hetero) is 1. The van der Waals surface area contributed by atoms with Crippen molar-refractivity contribution < 1.29 is 4.79 Å². The van der Waals surface area contributed by atoms with Crippen molar-refractivity contribution in [3.63, 3.8) is 0 Å². The first-order valence-corrected chi connectivity index (χ1v) is 6.17. The highest BCUT2D eigenvalue weighted by Crippen LogP contribution is 2.24. The van der Waals surface area contributed by atoms with Crippen LogP contribution in [0.4, 0.5) is 0 Å². The van der Waals surface area contributed by atoms with Gasteiger partial charge in [-0.25, -0.2) is 4.68 Å². The minimum Gasteiger partial charge on any atom is -0.300 e. The van der Waals surface area contributed by atoms with Crippen LogP contribution in [0.25, 0.3) is 5.69 Å². The zero-order valence-electron chi connectivity index (χ0n) is 10.7. The predicted octanol–water partition coefficient (Wildman–Crippen LogP) is 3.27. The molecule has 2 aromatic rings. The number of ketones is 1. The van der Waals surface area contributed by atoms with Crippen LogP contribution in [-0.2, 0) is 11.2 Å². The fourth-order valence-electron chi connectivity index (χ4n) is 1.91. The fourth-order valence-corrected chi connectivity index (χ4v) is 2.25. The van der Waals surface area contributed by atoms with Gasteiger partial charge in [0.05, 0.1) is 11.4 Å². The lowest BCUT2D eigenvalue weighted by Crippen LogP contribution is -1.99. The number of halogens is 1. The lowest BCUT2D eigenvalue weighted by atomic mass is 10.1. The van der Waals surface area contributed by atoms with Gasteiger partial charge in [0.1, 0.15) is 10.9 Å². The Hall–Kier alpha value is -1.61. The number of aromatic nitrogens is 2. The normalized spacial score (nSPS) is 10.7. The highest BCUT2D eigenvalue weighted by atomic mass is 35.5. The van der Waals surface area contributed by atoms with E-state index in [1.54, 1.807) is 11.6 Å². The van der Waals surface area contributed by atoms with E-state index in [2.05, 4.69) is 5.10 Å². The number of hydrogen-bond acceptors (Lipinski definition) is 2. The molecule has 0 aliphatic rings. The lowest BCUT2D eigenvalue weighted by Gasteiger charge is -2.04. The number of rotatable bonds is 3. The van der Waals surface area contributed by atoms with Gasteiger partial charge in [-0.15, -0.1) is 0 Å². The minimum absolute atomic E-state index is 0.0868. The van der Waals surface area contributed by atoms with E-state index in [-0.39, 0.29) is 5.78 Å². The molecule has 4 heteroatoms. The Labute approximate surface area is 111 Å². The average molecular weight is 263 g/mol. The highest BCUT2D eigenvalue weighted by Gasteiger charge is 2.15. The Morgan fingerprint density at radius 3 is 2.72 bits per heavy atom. The van der Waals surface area contributed by atoms with E-state index in [1.165, 1.54) is 0 Å². The number of hydrogen-bond donors (Lipinski definition) is 0. The van der Waals surface area contributed by atoms with Gasteiger partial charge < -0.3 is 0 Å². The first-order valence-electron chi connectivity index (χ1n) is 5.79. The summed E-state index contributed by atoms with van der Waals surface area (Å²) >= 11 is 6.31. The standard InChI is InChI=1S/C14H15ClN2O/c1-9-5-4-6-12(7-9)17-14(15)13(8-10(2)18)11(3)16-17/h4-7H,8H2,1-3H3. The summed E-state index contributed by atoms with van der Waals surface area (Å²) in [5, 5.41) is 4.93. The zero-order chi connectivity index (χ0) is 13.3. The van der Waals surface area contributed by atoms with Crippen LogP contribution in [0.2, 0.25) is 5.15 Å². The maximum absolute atomic E-state index is 11.2. The van der Waals surface area contributed by atoms with Crippen molar-refractivity contribution in [2.24, 2.45) is 0 Å². The SMILES string of the molecule is CC(=O)Cc1c(C)nn(-c2cccc(C)c2)c1Cl. The molecule has 0 unspecified atom stereocenters. The summed E-state index contributed by atoms with van der Waals surface area (Å²) in [5.74, 6) is 0.0868. The highest BCUT2D eigenvalue weighted by molar-refractivity contribution is 6.30. The van der Waals surface area contributed by atoms with Gasteiger partial charge in [0.2, 0.25) is 0 Å². The molecule has 0 aliphatic carbocycles. The quantitative estimate of drug-likeness (QED) is 0.851. The maximum Gasteiger partial charge on any atom is 0.136 e. The molecular weight excluding hydrogens is 248 g/mol. The molecular formula is C14H15ClN2O. The molecule has 1 heterocycles. The average Bonchev–Trinajstić information content (AvgIpc) is 2.56. The summed E-state index contributed by atoms with van der Waals surface area (Å²) in [7, 11) is 0. The summed E-state index contributed by atoms with van der Waals surface area (Å²) < 4.78 is 1.68. The van der Waals surface area contributed by atoms with Crippen molar-refractivity contribution in [2.75, 3.05) is 0 Å². The molecule has 18 heavy (non-hydrogen) atoms. The van der Waals surface area contributed by atoms with Gasteiger partial charge in [-0.2, -0.15) is 5.10 Å². The van der Waals surface area contributed by atoms with E-state index in [4.69, 9.17) is 11.6 Å². The number of carbonyl (C=O) groups is 1. The Balaban J connectivity index is 2.50. The second kappa shape index (κ2) is 4.94. The van der Waals surface area contributed by atoms with E-state index in [9.17, 15) is 4.79 Å². The number of nitrogens with zero attached hydrogens (tertiary/aromatic N) is 2. The van der Waals surface area contributed by atoms with Crippen LogP contribution in [-0.4, -0.2) is 15.6 Å². The molecule has 3 nitrogen and oxygen atoms in total. The van der Waals surface area contributed by atoms with Gasteiger partial charge in [0.25, 0.3) is 0 Å². The van der Waals surface area contributed by atoms with Crippen molar-refractivity contribution in [1.82, 2.24) is 9.78 Å². The molecule has 1 aromatic carbocycles. The van der Waals surface area contributed by atoms with Crippen LogP contribution in [0.3, 0.4) is 0 Å². The van der Waals surface area contributed by atoms with E-state index >= 15 is 0 Å². The predicted molar refractivity (Wildman–Crippen MR) is 72.4 cm³/mol. The first kappa shape index (κ1) is 12.8. The third kappa shape index (κ3) is 2.46. The van der Waals surface area contributed by atoms with Crippen molar-refractivity contribution >= 4 is 17.4 Å². The smallest absolute Gasteiger partial charge is 0.136 e. The monoisotopic (exact) mass is 262 g/mol. The van der Waals surface area contributed by atoms with Crippen LogP contribution in [0.15, 0.2) is 24.3 Å². The molecule has 0 bridgehead atoms. The molecule has 94 valence electrons. The fraction of sp³-hybridized carbons (Fsp3) is 0.286. The van der Waals surface area contributed by atoms with Crippen LogP contribution in [0.5, 0.6) is 0 Å². The van der Waals surface area contributed by atoms with E-state index < -0.39 is 0 Å². The third-order valence-corrected chi connectivity index (χ3v) is 3.18. The molecule has 0 N–H and O–H groups in total. The third-order valence-electron chi connectivity index (χ3n) is 2.79. The Bertz CT molecular complexity index is 602. The summed E-state index contributed by atoms with van der Waals surface area (Å²) in [6.07, 6.45) is 0.330. The second-order valence-electron chi connectivity index (χ2n) is 4.48. The Morgan fingerprint density at radius 2 is 2.11 bits per heavy atom. The molecule has 2 rings (SSSR count). The number of carbonyl (C=O) groups excluding carboxylic acids is 1. The summed E-state index contributed by atoms with van der Waals surface area (Å²) in [4.78, 5) is 11.2. The molecule has 0 saturated carbocycles. The zero-order valence-corrected chi connectivity index (χ0v) is 11.5. The van der Waals surface area contributed by atoms with Crippen molar-refractivity contribution in [2.45, 2.75) is 27.2 Å². The van der Waals surface area contributed by atoms with Gasteiger partial charge in [-0.3, -0.25) is 4.79 Å². The van der Waals surface area contributed by atoms with E-state index in [0.717, 1.165) is 22.5 Å². The van der Waals surface area contributed by atoms with Crippen LogP contribution >= 0.6 is 11.6 Å². The number of benzene rings is 1. The molecule has 0 atom stereocenters. The summed E-state index contributed by atoms with van der Waals surface area (Å²) in [6, 6.07) is 7.94. The first-order chi connectivity index (χ1) is 8.49. The largest absolute Gasteiger partial charge is 0.300 e. The molecule has 0 spiro atoms. The van der Waals surface area contributed by atoms with Crippen LogP contribution in [0.1, 0.15) is 23.7 Å². The molecule has 1 aromatic heterocycles. The molecule has 0 aliphatic heterocycles. The molecule has 0 amide bonds. The summed E-state index contributed by atoms with van der Waals surface area (Å²) in [5.41, 5.74) is 3.67. The van der Waals surface area contributed by atoms with Gasteiger partial charge in [-0.1, -0.05) is 23.7 Å². The Morgan fingerprint density at radius 1 is 1.39 bits per heavy atom.